The number of ether oxygens (including phenoxy) is 1. The largest absolute Gasteiger partial charge is 0.407 e. The van der Waals surface area contributed by atoms with Gasteiger partial charge in [0.1, 0.15) is 11.9 Å². The number of hydrogen-bond donors (Lipinski definition) is 1. The molecule has 12 heteroatoms. The molecule has 0 fully saturated rings. The summed E-state index contributed by atoms with van der Waals surface area (Å²) in [6, 6.07) is 12.4. The van der Waals surface area contributed by atoms with Crippen molar-refractivity contribution in [3.8, 4) is 11.3 Å². The van der Waals surface area contributed by atoms with Crippen molar-refractivity contribution in [1.29, 1.82) is 0 Å². The number of rotatable bonds is 9. The van der Waals surface area contributed by atoms with Gasteiger partial charge >= 0.3 is 6.61 Å². The number of ketones is 1. The molecule has 9 nitrogen and oxygen atoms in total. The van der Waals surface area contributed by atoms with Gasteiger partial charge in [-0.25, -0.2) is 15.0 Å². The first-order valence-corrected chi connectivity index (χ1v) is 18.1. The highest BCUT2D eigenvalue weighted by Gasteiger charge is 2.43. The molecular formula is C33H37F2N5O4Si. The van der Waals surface area contributed by atoms with Gasteiger partial charge in [-0.2, -0.15) is 8.78 Å². The van der Waals surface area contributed by atoms with Gasteiger partial charge in [0, 0.05) is 17.3 Å². The van der Waals surface area contributed by atoms with Crippen LogP contribution < -0.4 is 5.32 Å². The van der Waals surface area contributed by atoms with Crippen LogP contribution in [0.25, 0.3) is 22.3 Å². The molecule has 4 aromatic rings. The van der Waals surface area contributed by atoms with E-state index in [-0.39, 0.29) is 47.7 Å². The summed E-state index contributed by atoms with van der Waals surface area (Å²) in [4.78, 5) is 40.8. The molecule has 0 radical (unpaired) electrons. The molecule has 1 amide bonds. The fourth-order valence-electron chi connectivity index (χ4n) is 6.16. The summed E-state index contributed by atoms with van der Waals surface area (Å²) in [5.41, 5.74) is 4.63. The molecule has 2 bridgehead atoms. The molecule has 4 heterocycles. The van der Waals surface area contributed by atoms with Gasteiger partial charge in [-0.3, -0.25) is 9.59 Å². The van der Waals surface area contributed by atoms with Crippen molar-refractivity contribution in [1.82, 2.24) is 24.8 Å². The standard InChI is InChI=1S/C33H37F2N5O4Si/c1-18(44-45(5,6)33(2,3)4)28(41)29-36-15-13-22(37-29)19-11-12-21-27(20(19)14-16-43-32(34)35)26-17-24(39-31(21)42)30-38-23-9-7-8-10-25(23)40(26)30/h7-13,15,18,24,26,32H,14,16-17H2,1-6H3,(H,39,42)/t18?,24-,26-/m1/s1. The number of benzene rings is 2. The van der Waals surface area contributed by atoms with Crippen molar-refractivity contribution in [3.05, 3.63) is 77.0 Å². The van der Waals surface area contributed by atoms with E-state index in [2.05, 4.69) is 53.7 Å². The molecule has 0 saturated carbocycles. The number of nitrogens with zero attached hydrogens (tertiary/aromatic N) is 4. The lowest BCUT2D eigenvalue weighted by molar-refractivity contribution is -0.127. The molecule has 3 atom stereocenters. The molecule has 2 aromatic heterocycles. The molecule has 45 heavy (non-hydrogen) atoms. The zero-order valence-corrected chi connectivity index (χ0v) is 27.2. The summed E-state index contributed by atoms with van der Waals surface area (Å²) >= 11 is 0. The van der Waals surface area contributed by atoms with Crippen LogP contribution in [-0.4, -0.2) is 58.8 Å². The van der Waals surface area contributed by atoms with Crippen molar-refractivity contribution >= 4 is 31.0 Å². The number of aromatic nitrogens is 4. The highest BCUT2D eigenvalue weighted by molar-refractivity contribution is 6.74. The Morgan fingerprint density at radius 2 is 1.84 bits per heavy atom. The third-order valence-corrected chi connectivity index (χ3v) is 13.9. The number of carbonyl (C=O) groups excluding carboxylic acids is 2. The highest BCUT2D eigenvalue weighted by atomic mass is 28.4. The monoisotopic (exact) mass is 633 g/mol. The highest BCUT2D eigenvalue weighted by Crippen LogP contribution is 2.47. The van der Waals surface area contributed by atoms with Gasteiger partial charge in [0.25, 0.3) is 5.91 Å². The smallest absolute Gasteiger partial charge is 0.345 e. The van der Waals surface area contributed by atoms with Crippen LogP contribution >= 0.6 is 0 Å². The first-order valence-electron chi connectivity index (χ1n) is 15.2. The summed E-state index contributed by atoms with van der Waals surface area (Å²) in [7, 11) is -2.25. The summed E-state index contributed by atoms with van der Waals surface area (Å²) in [5.74, 6) is 0.163. The Kier molecular flexibility index (Phi) is 7.95. The predicted octanol–water partition coefficient (Wildman–Crippen LogP) is 6.65. The van der Waals surface area contributed by atoms with Gasteiger partial charge in [-0.15, -0.1) is 0 Å². The van der Waals surface area contributed by atoms with Gasteiger partial charge in [0.2, 0.25) is 5.78 Å². The Labute approximate surface area is 261 Å². The maximum absolute atomic E-state index is 13.5. The molecule has 2 aliphatic heterocycles. The second-order valence-electron chi connectivity index (χ2n) is 13.2. The average Bonchev–Trinajstić information content (AvgIpc) is 3.48. The quantitative estimate of drug-likeness (QED) is 0.163. The summed E-state index contributed by atoms with van der Waals surface area (Å²) in [6.07, 6.45) is 1.42. The van der Waals surface area contributed by atoms with E-state index in [1.165, 1.54) is 6.20 Å². The van der Waals surface area contributed by atoms with E-state index in [0.717, 1.165) is 16.9 Å². The van der Waals surface area contributed by atoms with Gasteiger partial charge in [-0.1, -0.05) is 39.0 Å². The van der Waals surface area contributed by atoms with Crippen LogP contribution in [0.1, 0.15) is 84.1 Å². The number of nitrogens with one attached hydrogen (secondary N) is 1. The first kappa shape index (κ1) is 31.1. The minimum atomic E-state index is -2.94. The van der Waals surface area contributed by atoms with Crippen LogP contribution in [0.15, 0.2) is 48.7 Å². The van der Waals surface area contributed by atoms with Crippen molar-refractivity contribution in [2.24, 2.45) is 0 Å². The van der Waals surface area contributed by atoms with Crippen molar-refractivity contribution in [3.63, 3.8) is 0 Å². The minimum absolute atomic E-state index is 0.00463. The summed E-state index contributed by atoms with van der Waals surface area (Å²) in [5, 5.41) is 3.03. The van der Waals surface area contributed by atoms with Crippen LogP contribution in [0.4, 0.5) is 8.78 Å². The van der Waals surface area contributed by atoms with E-state index in [9.17, 15) is 18.4 Å². The number of para-hydroxylation sites is 2. The van der Waals surface area contributed by atoms with E-state index in [1.54, 1.807) is 25.1 Å². The molecule has 0 saturated heterocycles. The van der Waals surface area contributed by atoms with Crippen LogP contribution in [0.3, 0.4) is 0 Å². The lowest BCUT2D eigenvalue weighted by Crippen LogP contribution is -2.45. The zero-order valence-electron chi connectivity index (χ0n) is 26.2. The average molecular weight is 634 g/mol. The second-order valence-corrected chi connectivity index (χ2v) is 17.9. The predicted molar refractivity (Wildman–Crippen MR) is 168 cm³/mol. The van der Waals surface area contributed by atoms with Crippen LogP contribution in [-0.2, 0) is 15.6 Å². The zero-order chi connectivity index (χ0) is 32.3. The summed E-state index contributed by atoms with van der Waals surface area (Å²) < 4.78 is 39.5. The fourth-order valence-corrected chi connectivity index (χ4v) is 7.51. The van der Waals surface area contributed by atoms with E-state index >= 15 is 0 Å². The van der Waals surface area contributed by atoms with E-state index in [1.807, 2.05) is 24.3 Å². The lowest BCUT2D eigenvalue weighted by Gasteiger charge is -2.37. The second kappa shape index (κ2) is 11.5. The van der Waals surface area contributed by atoms with E-state index in [0.29, 0.717) is 34.4 Å². The number of fused-ring (bicyclic) bond motifs is 9. The number of Topliss-reactive ketones (excluding diaryl/α,β-unsaturated/α-hetero) is 1. The Hall–Kier alpha value is -3.87. The minimum Gasteiger partial charge on any atom is -0.407 e. The Bertz CT molecular complexity index is 1800. The van der Waals surface area contributed by atoms with Crippen molar-refractivity contribution < 1.29 is 27.5 Å². The Balaban J connectivity index is 1.46. The number of halogens is 2. The molecule has 2 aromatic carbocycles. The Morgan fingerprint density at radius 3 is 2.58 bits per heavy atom. The normalized spacial score (nSPS) is 18.5. The van der Waals surface area contributed by atoms with Gasteiger partial charge < -0.3 is 19.0 Å². The number of imidazole rings is 1. The van der Waals surface area contributed by atoms with Crippen LogP contribution in [0, 0.1) is 0 Å². The van der Waals surface area contributed by atoms with Gasteiger partial charge in [-0.05, 0) is 73.3 Å². The molecule has 236 valence electrons. The molecule has 2 aliphatic rings. The number of carbonyl (C=O) groups is 2. The molecule has 0 aliphatic carbocycles. The molecule has 1 unspecified atom stereocenters. The fraction of sp³-hybridized carbons (Fsp3) is 0.424. The van der Waals surface area contributed by atoms with Gasteiger partial charge in [0.15, 0.2) is 14.1 Å². The number of alkyl halides is 2. The molecular weight excluding hydrogens is 596 g/mol. The van der Waals surface area contributed by atoms with E-state index in [4.69, 9.17) is 14.1 Å². The summed E-state index contributed by atoms with van der Waals surface area (Å²) in [6.45, 7) is 8.98. The third-order valence-electron chi connectivity index (χ3n) is 9.34. The van der Waals surface area contributed by atoms with Crippen LogP contribution in [0.2, 0.25) is 18.1 Å². The lowest BCUT2D eigenvalue weighted by atomic mass is 9.87. The van der Waals surface area contributed by atoms with Crippen molar-refractivity contribution in [2.45, 2.75) is 83.5 Å². The topological polar surface area (TPSA) is 108 Å². The van der Waals surface area contributed by atoms with Crippen molar-refractivity contribution in [2.75, 3.05) is 6.61 Å². The molecule has 0 spiro atoms. The van der Waals surface area contributed by atoms with E-state index < -0.39 is 21.0 Å². The third kappa shape index (κ3) is 5.59. The maximum Gasteiger partial charge on any atom is 0.345 e. The van der Waals surface area contributed by atoms with Gasteiger partial charge in [0.05, 0.1) is 35.4 Å². The molecule has 1 N–H and O–H groups in total. The Morgan fingerprint density at radius 1 is 1.11 bits per heavy atom. The SMILES string of the molecule is CC(O[Si](C)(C)C(C)(C)C)C(=O)c1nccc(-c2ccc3c(c2CCOC(F)F)[C@H]2C[C@@H](NC3=O)c3nc4ccccc4n32)n1. The number of amides is 1. The first-order chi connectivity index (χ1) is 21.3. The maximum atomic E-state index is 13.5. The number of hydrogen-bond acceptors (Lipinski definition) is 7. The van der Waals surface area contributed by atoms with Crippen LogP contribution in [0.5, 0.6) is 0 Å². The molecule has 6 rings (SSSR count).